The smallest absolute Gasteiger partial charge is 0.324 e. The number of nitrogens with zero attached hydrogens (tertiary/aromatic N) is 2. The molecule has 1 aliphatic carbocycles. The van der Waals surface area contributed by atoms with E-state index >= 15 is 0 Å². The van der Waals surface area contributed by atoms with Crippen molar-refractivity contribution in [1.82, 2.24) is 15.2 Å². The van der Waals surface area contributed by atoms with Gasteiger partial charge in [0.1, 0.15) is 6.04 Å². The number of alkyl halides is 3. The third kappa shape index (κ3) is 5.37. The van der Waals surface area contributed by atoms with Crippen molar-refractivity contribution in [2.45, 2.75) is 57.4 Å². The van der Waals surface area contributed by atoms with Crippen molar-refractivity contribution in [3.63, 3.8) is 0 Å². The van der Waals surface area contributed by atoms with E-state index in [1.807, 2.05) is 5.32 Å². The summed E-state index contributed by atoms with van der Waals surface area (Å²) in [5.41, 5.74) is 7.05. The van der Waals surface area contributed by atoms with Gasteiger partial charge in [-0.15, -0.1) is 0 Å². The zero-order valence-corrected chi connectivity index (χ0v) is 16.2. The van der Waals surface area contributed by atoms with Crippen molar-refractivity contribution < 1.29 is 22.8 Å². The molecule has 3 amide bonds. The average Bonchev–Trinajstić information content (AvgIpc) is 3.03. The summed E-state index contributed by atoms with van der Waals surface area (Å²) in [5, 5.41) is 4.65. The van der Waals surface area contributed by atoms with Gasteiger partial charge in [0.15, 0.2) is 0 Å². The molecule has 3 rings (SSSR count). The van der Waals surface area contributed by atoms with Crippen LogP contribution in [0.5, 0.6) is 0 Å². The van der Waals surface area contributed by atoms with E-state index in [0.29, 0.717) is 17.2 Å². The van der Waals surface area contributed by atoms with E-state index in [0.717, 1.165) is 30.6 Å². The first-order valence-corrected chi connectivity index (χ1v) is 9.76. The minimum atomic E-state index is -4.49. The Labute approximate surface area is 167 Å². The molecule has 29 heavy (non-hydrogen) atoms. The van der Waals surface area contributed by atoms with Crippen LogP contribution in [-0.2, 0) is 11.3 Å². The first-order chi connectivity index (χ1) is 13.6. The quantitative estimate of drug-likeness (QED) is 0.691. The van der Waals surface area contributed by atoms with E-state index < -0.39 is 30.8 Å². The van der Waals surface area contributed by atoms with E-state index in [4.69, 9.17) is 5.73 Å². The molecule has 1 saturated carbocycles. The molecule has 2 aliphatic rings. The molecular weight excluding hydrogens is 387 g/mol. The fourth-order valence-electron chi connectivity index (χ4n) is 3.86. The monoisotopic (exact) mass is 413 g/mol. The SMILES string of the molecule is CC1CCC([C@@H](N)C(=O)Nc2cncc(CN3C[C@@H](C(F)(F)F)NC3=O)c2)CC1. The van der Waals surface area contributed by atoms with E-state index in [2.05, 4.69) is 17.2 Å². The number of carbonyl (C=O) groups is 2. The molecule has 1 saturated heterocycles. The summed E-state index contributed by atoms with van der Waals surface area (Å²) in [6, 6.07) is -1.70. The molecule has 2 fully saturated rings. The Kier molecular flexibility index (Phi) is 6.30. The van der Waals surface area contributed by atoms with Crippen molar-refractivity contribution in [1.29, 1.82) is 0 Å². The number of pyridine rings is 1. The molecule has 10 heteroatoms. The highest BCUT2D eigenvalue weighted by Crippen LogP contribution is 2.30. The van der Waals surface area contributed by atoms with Crippen molar-refractivity contribution in [2.75, 3.05) is 11.9 Å². The highest BCUT2D eigenvalue weighted by molar-refractivity contribution is 5.94. The normalized spacial score (nSPS) is 26.2. The van der Waals surface area contributed by atoms with Gasteiger partial charge in [-0.05, 0) is 36.3 Å². The lowest BCUT2D eigenvalue weighted by Crippen LogP contribution is -2.43. The van der Waals surface area contributed by atoms with Gasteiger partial charge in [-0.1, -0.05) is 19.8 Å². The van der Waals surface area contributed by atoms with Crippen molar-refractivity contribution in [3.8, 4) is 0 Å². The summed E-state index contributed by atoms with van der Waals surface area (Å²) >= 11 is 0. The highest BCUT2D eigenvalue weighted by Gasteiger charge is 2.46. The van der Waals surface area contributed by atoms with Gasteiger partial charge in [-0.2, -0.15) is 13.2 Å². The number of amides is 3. The van der Waals surface area contributed by atoms with Crippen molar-refractivity contribution >= 4 is 17.6 Å². The number of hydrogen-bond acceptors (Lipinski definition) is 4. The molecule has 1 aromatic heterocycles. The maximum Gasteiger partial charge on any atom is 0.410 e. The Bertz CT molecular complexity index is 750. The fraction of sp³-hybridized carbons (Fsp3) is 0.632. The number of halogens is 3. The van der Waals surface area contributed by atoms with E-state index in [-0.39, 0.29) is 18.4 Å². The average molecular weight is 413 g/mol. The van der Waals surface area contributed by atoms with Gasteiger partial charge < -0.3 is 21.3 Å². The number of anilines is 1. The molecule has 0 bridgehead atoms. The molecule has 7 nitrogen and oxygen atoms in total. The highest BCUT2D eigenvalue weighted by atomic mass is 19.4. The van der Waals surface area contributed by atoms with Crippen LogP contribution in [0.25, 0.3) is 0 Å². The second-order valence-corrected chi connectivity index (χ2v) is 8.04. The zero-order chi connectivity index (χ0) is 21.2. The molecule has 160 valence electrons. The summed E-state index contributed by atoms with van der Waals surface area (Å²) in [6.07, 6.45) is 2.34. The lowest BCUT2D eigenvalue weighted by molar-refractivity contribution is -0.149. The summed E-state index contributed by atoms with van der Waals surface area (Å²) in [4.78, 5) is 29.4. The number of rotatable bonds is 5. The van der Waals surface area contributed by atoms with E-state index in [1.165, 1.54) is 12.4 Å². The number of nitrogens with two attached hydrogens (primary N) is 1. The molecular formula is C19H26F3N5O2. The van der Waals surface area contributed by atoms with Crippen LogP contribution in [-0.4, -0.2) is 46.6 Å². The van der Waals surface area contributed by atoms with Crippen LogP contribution in [0.1, 0.15) is 38.2 Å². The lowest BCUT2D eigenvalue weighted by Gasteiger charge is -2.29. The van der Waals surface area contributed by atoms with Gasteiger partial charge in [0, 0.05) is 12.7 Å². The maximum atomic E-state index is 12.8. The van der Waals surface area contributed by atoms with E-state index in [9.17, 15) is 22.8 Å². The van der Waals surface area contributed by atoms with Gasteiger partial charge in [0.2, 0.25) is 5.91 Å². The maximum absolute atomic E-state index is 12.8. The molecule has 2 atom stereocenters. The van der Waals surface area contributed by atoms with Gasteiger partial charge in [-0.3, -0.25) is 9.78 Å². The Balaban J connectivity index is 1.58. The molecule has 0 aromatic carbocycles. The first kappa shape index (κ1) is 21.4. The topological polar surface area (TPSA) is 100 Å². The molecule has 4 N–H and O–H groups in total. The van der Waals surface area contributed by atoms with Crippen LogP contribution in [0, 0.1) is 11.8 Å². The molecule has 2 heterocycles. The zero-order valence-electron chi connectivity index (χ0n) is 16.2. The lowest BCUT2D eigenvalue weighted by atomic mass is 9.79. The summed E-state index contributed by atoms with van der Waals surface area (Å²) in [6.45, 7) is 1.68. The van der Waals surface area contributed by atoms with Gasteiger partial charge in [-0.25, -0.2) is 4.79 Å². The third-order valence-electron chi connectivity index (χ3n) is 5.69. The molecule has 1 aliphatic heterocycles. The molecule has 1 aromatic rings. The van der Waals surface area contributed by atoms with Gasteiger partial charge in [0.25, 0.3) is 0 Å². The number of hydrogen-bond donors (Lipinski definition) is 3. The van der Waals surface area contributed by atoms with E-state index in [1.54, 1.807) is 6.07 Å². The predicted molar refractivity (Wildman–Crippen MR) is 101 cm³/mol. The first-order valence-electron chi connectivity index (χ1n) is 9.76. The molecule has 0 spiro atoms. The van der Waals surface area contributed by atoms with Crippen LogP contribution in [0.2, 0.25) is 0 Å². The van der Waals surface area contributed by atoms with Gasteiger partial charge in [0.05, 0.1) is 24.5 Å². The minimum Gasteiger partial charge on any atom is -0.324 e. The van der Waals surface area contributed by atoms with Crippen LogP contribution >= 0.6 is 0 Å². The second-order valence-electron chi connectivity index (χ2n) is 8.04. The summed E-state index contributed by atoms with van der Waals surface area (Å²) < 4.78 is 38.4. The molecule has 0 radical (unpaired) electrons. The Morgan fingerprint density at radius 2 is 2.03 bits per heavy atom. The molecule has 0 unspecified atom stereocenters. The summed E-state index contributed by atoms with van der Waals surface area (Å²) in [5.74, 6) is 0.483. The predicted octanol–water partition coefficient (Wildman–Crippen LogP) is 2.63. The fourth-order valence-corrected chi connectivity index (χ4v) is 3.86. The Hall–Kier alpha value is -2.36. The number of carbonyl (C=O) groups excluding carboxylic acids is 2. The summed E-state index contributed by atoms with van der Waals surface area (Å²) in [7, 11) is 0. The largest absolute Gasteiger partial charge is 0.410 e. The van der Waals surface area contributed by atoms with Crippen LogP contribution < -0.4 is 16.4 Å². The number of aromatic nitrogens is 1. The second kappa shape index (κ2) is 8.56. The standard InChI is InChI=1S/C19H26F3N5O2/c1-11-2-4-13(5-3-11)16(23)17(28)25-14-6-12(7-24-8-14)9-27-10-15(19(20,21)22)26-18(27)29/h6-8,11,13,15-16H,2-5,9-10,23H2,1H3,(H,25,28)(H,26,29)/t11?,13?,15-,16+/m0/s1. The van der Waals surface area contributed by atoms with Crippen LogP contribution in [0.4, 0.5) is 23.7 Å². The van der Waals surface area contributed by atoms with Gasteiger partial charge >= 0.3 is 12.2 Å². The van der Waals surface area contributed by atoms with Crippen LogP contribution in [0.3, 0.4) is 0 Å². The number of urea groups is 1. The Morgan fingerprint density at radius 1 is 1.34 bits per heavy atom. The van der Waals surface area contributed by atoms with Crippen LogP contribution in [0.15, 0.2) is 18.5 Å². The van der Waals surface area contributed by atoms with Crippen molar-refractivity contribution in [3.05, 3.63) is 24.0 Å². The Morgan fingerprint density at radius 3 is 2.66 bits per heavy atom. The minimum absolute atomic E-state index is 0.0400. The van der Waals surface area contributed by atoms with Crippen molar-refractivity contribution in [2.24, 2.45) is 17.6 Å². The third-order valence-corrected chi connectivity index (χ3v) is 5.69. The number of nitrogens with one attached hydrogen (secondary N) is 2.